The summed E-state index contributed by atoms with van der Waals surface area (Å²) in [5, 5.41) is 0. The average molecular weight is 256 g/mol. The van der Waals surface area contributed by atoms with Crippen LogP contribution in [0.1, 0.15) is 50.2 Å². The molecule has 1 aromatic heterocycles. The third-order valence-corrected chi connectivity index (χ3v) is 3.76. The van der Waals surface area contributed by atoms with E-state index in [1.165, 1.54) is 24.8 Å². The Balaban J connectivity index is 1.82. The van der Waals surface area contributed by atoms with Gasteiger partial charge in [-0.25, -0.2) is 0 Å². The largest absolute Gasteiger partial charge is 0.466 e. The molecule has 102 valence electrons. The monoisotopic (exact) mass is 256 g/mol. The van der Waals surface area contributed by atoms with E-state index in [2.05, 4.69) is 50.2 Å². The van der Waals surface area contributed by atoms with E-state index in [-0.39, 0.29) is 0 Å². The first-order valence-corrected chi connectivity index (χ1v) is 7.39. The molecule has 1 atom stereocenters. The van der Waals surface area contributed by atoms with Gasteiger partial charge in [0.05, 0.1) is 0 Å². The molecule has 0 bridgehead atoms. The molecule has 0 radical (unpaired) electrons. The van der Waals surface area contributed by atoms with Crippen molar-refractivity contribution in [3.05, 3.63) is 59.5 Å². The zero-order chi connectivity index (χ0) is 13.5. The van der Waals surface area contributed by atoms with Crippen LogP contribution in [0.25, 0.3) is 0 Å². The van der Waals surface area contributed by atoms with Gasteiger partial charge < -0.3 is 4.42 Å². The second-order valence-electron chi connectivity index (χ2n) is 5.44. The molecule has 1 heterocycles. The first-order valence-electron chi connectivity index (χ1n) is 7.39. The minimum atomic E-state index is 0.832. The van der Waals surface area contributed by atoms with Gasteiger partial charge in [-0.2, -0.15) is 0 Å². The summed E-state index contributed by atoms with van der Waals surface area (Å²) in [5.41, 5.74) is 1.31. The van der Waals surface area contributed by atoms with Gasteiger partial charge in [0.15, 0.2) is 0 Å². The minimum Gasteiger partial charge on any atom is -0.466 e. The van der Waals surface area contributed by atoms with Crippen molar-refractivity contribution in [3.8, 4) is 0 Å². The Labute approximate surface area is 116 Å². The molecule has 2 aromatic rings. The number of rotatable bonds is 7. The standard InChI is InChI=1S/C18H24O/c1-3-15(2)8-7-11-17-12-13-18(19-17)14-16-9-5-4-6-10-16/h4-6,9-10,12-13,15H,3,7-8,11,14H2,1-2H3. The molecule has 0 amide bonds. The average Bonchev–Trinajstić information content (AvgIpc) is 2.87. The second kappa shape index (κ2) is 7.18. The number of hydrogen-bond donors (Lipinski definition) is 0. The molecular weight excluding hydrogens is 232 g/mol. The normalized spacial score (nSPS) is 12.5. The second-order valence-corrected chi connectivity index (χ2v) is 5.44. The van der Waals surface area contributed by atoms with Crippen LogP contribution in [0, 0.1) is 5.92 Å². The van der Waals surface area contributed by atoms with Crippen molar-refractivity contribution in [3.63, 3.8) is 0 Å². The third-order valence-electron chi connectivity index (χ3n) is 3.76. The Bertz CT molecular complexity index is 469. The van der Waals surface area contributed by atoms with Gasteiger partial charge in [0, 0.05) is 12.8 Å². The van der Waals surface area contributed by atoms with Crippen molar-refractivity contribution in [1.29, 1.82) is 0 Å². The molecule has 2 rings (SSSR count). The van der Waals surface area contributed by atoms with Crippen LogP contribution in [-0.4, -0.2) is 0 Å². The van der Waals surface area contributed by atoms with Crippen molar-refractivity contribution >= 4 is 0 Å². The molecule has 1 aromatic carbocycles. The maximum atomic E-state index is 5.90. The van der Waals surface area contributed by atoms with Crippen LogP contribution < -0.4 is 0 Å². The lowest BCUT2D eigenvalue weighted by Gasteiger charge is -2.06. The molecule has 0 saturated heterocycles. The summed E-state index contributed by atoms with van der Waals surface area (Å²) in [6, 6.07) is 14.7. The predicted octanol–water partition coefficient (Wildman–Crippen LogP) is 5.24. The SMILES string of the molecule is CCC(C)CCCc1ccc(Cc2ccccc2)o1. The molecule has 0 aliphatic carbocycles. The van der Waals surface area contributed by atoms with Gasteiger partial charge in [0.25, 0.3) is 0 Å². The summed E-state index contributed by atoms with van der Waals surface area (Å²) in [5.74, 6) is 3.04. The zero-order valence-corrected chi connectivity index (χ0v) is 12.1. The highest BCUT2D eigenvalue weighted by molar-refractivity contribution is 5.21. The van der Waals surface area contributed by atoms with E-state index in [4.69, 9.17) is 4.42 Å². The third kappa shape index (κ3) is 4.59. The van der Waals surface area contributed by atoms with Crippen molar-refractivity contribution in [1.82, 2.24) is 0 Å². The van der Waals surface area contributed by atoms with E-state index >= 15 is 0 Å². The van der Waals surface area contributed by atoms with E-state index in [1.807, 2.05) is 6.07 Å². The summed E-state index contributed by atoms with van der Waals surface area (Å²) < 4.78 is 5.90. The highest BCUT2D eigenvalue weighted by Crippen LogP contribution is 2.17. The molecule has 0 N–H and O–H groups in total. The van der Waals surface area contributed by atoms with Crippen LogP contribution in [0.3, 0.4) is 0 Å². The molecule has 19 heavy (non-hydrogen) atoms. The highest BCUT2D eigenvalue weighted by atomic mass is 16.3. The Morgan fingerprint density at radius 1 is 1.00 bits per heavy atom. The summed E-state index contributed by atoms with van der Waals surface area (Å²) in [7, 11) is 0. The molecule has 0 spiro atoms. The van der Waals surface area contributed by atoms with Gasteiger partial charge >= 0.3 is 0 Å². The van der Waals surface area contributed by atoms with Crippen LogP contribution in [0.4, 0.5) is 0 Å². The summed E-state index contributed by atoms with van der Waals surface area (Å²) in [4.78, 5) is 0. The number of furan rings is 1. The van der Waals surface area contributed by atoms with Crippen LogP contribution >= 0.6 is 0 Å². The predicted molar refractivity (Wildman–Crippen MR) is 80.3 cm³/mol. The Hall–Kier alpha value is -1.50. The van der Waals surface area contributed by atoms with Gasteiger partial charge in [-0.05, 0) is 30.0 Å². The van der Waals surface area contributed by atoms with Gasteiger partial charge in [-0.3, -0.25) is 0 Å². The van der Waals surface area contributed by atoms with E-state index in [1.54, 1.807) is 0 Å². The number of aryl methyl sites for hydroxylation is 1. The van der Waals surface area contributed by atoms with Crippen LogP contribution in [0.5, 0.6) is 0 Å². The van der Waals surface area contributed by atoms with E-state index in [0.717, 1.165) is 30.3 Å². The molecule has 0 saturated carbocycles. The first-order chi connectivity index (χ1) is 9.28. The summed E-state index contributed by atoms with van der Waals surface area (Å²) in [6.07, 6.45) is 5.77. The molecule has 0 aliphatic rings. The molecule has 0 fully saturated rings. The van der Waals surface area contributed by atoms with Gasteiger partial charge in [0.1, 0.15) is 11.5 Å². The Kier molecular flexibility index (Phi) is 5.26. The molecular formula is C18H24O. The van der Waals surface area contributed by atoms with E-state index in [0.29, 0.717) is 0 Å². The Morgan fingerprint density at radius 2 is 1.74 bits per heavy atom. The lowest BCUT2D eigenvalue weighted by atomic mass is 10.0. The van der Waals surface area contributed by atoms with Crippen molar-refractivity contribution in [2.24, 2.45) is 5.92 Å². The van der Waals surface area contributed by atoms with E-state index in [9.17, 15) is 0 Å². The zero-order valence-electron chi connectivity index (χ0n) is 12.1. The fourth-order valence-electron chi connectivity index (χ4n) is 2.28. The molecule has 1 nitrogen and oxygen atoms in total. The summed E-state index contributed by atoms with van der Waals surface area (Å²) in [6.45, 7) is 4.58. The van der Waals surface area contributed by atoms with Gasteiger partial charge in [-0.1, -0.05) is 57.0 Å². The minimum absolute atomic E-state index is 0.832. The number of hydrogen-bond acceptors (Lipinski definition) is 1. The van der Waals surface area contributed by atoms with Crippen molar-refractivity contribution in [2.75, 3.05) is 0 Å². The molecule has 1 unspecified atom stereocenters. The van der Waals surface area contributed by atoms with Crippen LogP contribution in [0.2, 0.25) is 0 Å². The van der Waals surface area contributed by atoms with Crippen LogP contribution in [0.15, 0.2) is 46.9 Å². The lowest BCUT2D eigenvalue weighted by molar-refractivity contribution is 0.441. The van der Waals surface area contributed by atoms with Gasteiger partial charge in [-0.15, -0.1) is 0 Å². The highest BCUT2D eigenvalue weighted by Gasteiger charge is 2.04. The summed E-state index contributed by atoms with van der Waals surface area (Å²) >= 11 is 0. The van der Waals surface area contributed by atoms with Gasteiger partial charge in [0.2, 0.25) is 0 Å². The maximum Gasteiger partial charge on any atom is 0.108 e. The molecule has 0 aliphatic heterocycles. The lowest BCUT2D eigenvalue weighted by Crippen LogP contribution is -1.93. The van der Waals surface area contributed by atoms with E-state index < -0.39 is 0 Å². The fraction of sp³-hybridized carbons (Fsp3) is 0.444. The first kappa shape index (κ1) is 13.9. The molecule has 1 heteroatoms. The maximum absolute atomic E-state index is 5.90. The Morgan fingerprint density at radius 3 is 2.47 bits per heavy atom. The quantitative estimate of drug-likeness (QED) is 0.660. The van der Waals surface area contributed by atoms with Crippen LogP contribution in [-0.2, 0) is 12.8 Å². The smallest absolute Gasteiger partial charge is 0.108 e. The topological polar surface area (TPSA) is 13.1 Å². The fourth-order valence-corrected chi connectivity index (χ4v) is 2.28. The van der Waals surface area contributed by atoms with Crippen molar-refractivity contribution < 1.29 is 4.42 Å². The van der Waals surface area contributed by atoms with Crippen molar-refractivity contribution in [2.45, 2.75) is 46.0 Å². The number of benzene rings is 1.